The summed E-state index contributed by atoms with van der Waals surface area (Å²) in [4.78, 5) is 26.0. The maximum atomic E-state index is 13.6. The fraction of sp³-hybridized carbons (Fsp3) is 0. The summed E-state index contributed by atoms with van der Waals surface area (Å²) >= 11 is 0. The van der Waals surface area contributed by atoms with Gasteiger partial charge in [0.25, 0.3) is 5.91 Å². The van der Waals surface area contributed by atoms with E-state index in [-0.39, 0.29) is 0 Å². The summed E-state index contributed by atoms with van der Waals surface area (Å²) in [7, 11) is 0. The molecule has 0 fully saturated rings. The Balaban J connectivity index is 2.38. The van der Waals surface area contributed by atoms with Crippen LogP contribution in [0.4, 0.5) is 14.5 Å². The van der Waals surface area contributed by atoms with Crippen molar-refractivity contribution in [2.24, 2.45) is 0 Å². The molecule has 0 saturated heterocycles. The predicted molar refractivity (Wildman–Crippen MR) is 65.5 cm³/mol. The molecule has 1 aromatic carbocycles. The van der Waals surface area contributed by atoms with Gasteiger partial charge in [-0.1, -0.05) is 6.07 Å². The number of nitrogens with one attached hydrogen (secondary N) is 1. The third-order valence-electron chi connectivity index (χ3n) is 2.49. The number of rotatable bonds is 3. The number of hydrogen-bond acceptors (Lipinski definition) is 3. The third-order valence-corrected chi connectivity index (χ3v) is 2.49. The van der Waals surface area contributed by atoms with Gasteiger partial charge in [0.1, 0.15) is 5.82 Å². The van der Waals surface area contributed by atoms with Crippen LogP contribution in [-0.2, 0) is 0 Å². The lowest BCUT2D eigenvalue weighted by molar-refractivity contribution is 0.0697. The first-order valence-electron chi connectivity index (χ1n) is 5.44. The number of pyridine rings is 1. The summed E-state index contributed by atoms with van der Waals surface area (Å²) in [5.74, 6) is -4.35. The van der Waals surface area contributed by atoms with E-state index in [4.69, 9.17) is 5.11 Å². The number of carboxylic acid groups (broad SMARTS) is 1. The van der Waals surface area contributed by atoms with Crippen molar-refractivity contribution in [1.29, 1.82) is 0 Å². The van der Waals surface area contributed by atoms with E-state index in [9.17, 15) is 18.4 Å². The van der Waals surface area contributed by atoms with E-state index in [0.717, 1.165) is 24.4 Å². The molecule has 5 nitrogen and oxygen atoms in total. The van der Waals surface area contributed by atoms with Crippen LogP contribution >= 0.6 is 0 Å². The lowest BCUT2D eigenvalue weighted by Gasteiger charge is -2.09. The van der Waals surface area contributed by atoms with Crippen molar-refractivity contribution in [3.05, 3.63) is 59.4 Å². The van der Waals surface area contributed by atoms with Crippen molar-refractivity contribution in [1.82, 2.24) is 4.98 Å². The molecule has 0 spiro atoms. The number of carbonyl (C=O) groups is 2. The summed E-state index contributed by atoms with van der Waals surface area (Å²) in [6.45, 7) is 0. The van der Waals surface area contributed by atoms with Gasteiger partial charge >= 0.3 is 5.97 Å². The Hall–Kier alpha value is -2.83. The van der Waals surface area contributed by atoms with Gasteiger partial charge in [0, 0.05) is 6.20 Å². The molecule has 1 heterocycles. The normalized spacial score (nSPS) is 10.1. The van der Waals surface area contributed by atoms with E-state index in [1.807, 2.05) is 5.32 Å². The molecular weight excluding hydrogens is 270 g/mol. The number of hydrogen-bond donors (Lipinski definition) is 2. The number of aromatic nitrogens is 1. The highest BCUT2D eigenvalue weighted by Gasteiger charge is 2.19. The topological polar surface area (TPSA) is 79.3 Å². The summed E-state index contributed by atoms with van der Waals surface area (Å²) in [6.07, 6.45) is 1.15. The van der Waals surface area contributed by atoms with Gasteiger partial charge in [-0.05, 0) is 24.3 Å². The maximum absolute atomic E-state index is 13.6. The van der Waals surface area contributed by atoms with Gasteiger partial charge in [-0.15, -0.1) is 0 Å². The zero-order valence-corrected chi connectivity index (χ0v) is 9.93. The average molecular weight is 278 g/mol. The highest BCUT2D eigenvalue weighted by molar-refractivity contribution is 6.07. The molecular formula is C13H8F2N2O3. The highest BCUT2D eigenvalue weighted by atomic mass is 19.1. The highest BCUT2D eigenvalue weighted by Crippen LogP contribution is 2.21. The largest absolute Gasteiger partial charge is 0.478 e. The number of benzene rings is 1. The zero-order chi connectivity index (χ0) is 14.7. The molecule has 0 atom stereocenters. The zero-order valence-electron chi connectivity index (χ0n) is 9.93. The monoisotopic (exact) mass is 278 g/mol. The Kier molecular flexibility index (Phi) is 3.69. The van der Waals surface area contributed by atoms with Crippen molar-refractivity contribution in [2.75, 3.05) is 5.32 Å². The Morgan fingerprint density at radius 3 is 2.45 bits per heavy atom. The minimum Gasteiger partial charge on any atom is -0.478 e. The molecule has 0 radical (unpaired) electrons. The summed E-state index contributed by atoms with van der Waals surface area (Å²) < 4.78 is 26.9. The van der Waals surface area contributed by atoms with Crippen LogP contribution in [0.1, 0.15) is 20.7 Å². The van der Waals surface area contributed by atoms with Gasteiger partial charge in [0.05, 0.1) is 16.8 Å². The van der Waals surface area contributed by atoms with Crippen LogP contribution in [-0.4, -0.2) is 22.0 Å². The van der Waals surface area contributed by atoms with Crippen molar-refractivity contribution in [2.45, 2.75) is 0 Å². The first-order chi connectivity index (χ1) is 9.50. The van der Waals surface area contributed by atoms with E-state index in [1.165, 1.54) is 12.1 Å². The smallest absolute Gasteiger partial charge is 0.337 e. The van der Waals surface area contributed by atoms with Crippen LogP contribution in [0.15, 0.2) is 36.5 Å². The van der Waals surface area contributed by atoms with E-state index in [1.54, 1.807) is 0 Å². The SMILES string of the molecule is O=C(Nc1c(F)cccc1C(=O)O)c1cccnc1F. The van der Waals surface area contributed by atoms with Crippen LogP contribution in [0.5, 0.6) is 0 Å². The molecule has 2 N–H and O–H groups in total. The molecule has 102 valence electrons. The van der Waals surface area contributed by atoms with E-state index < -0.39 is 40.5 Å². The number of aromatic carboxylic acids is 1. The molecule has 0 saturated carbocycles. The molecule has 20 heavy (non-hydrogen) atoms. The number of anilines is 1. The van der Waals surface area contributed by atoms with E-state index in [0.29, 0.717) is 0 Å². The second-order valence-electron chi connectivity index (χ2n) is 3.76. The standard InChI is InChI=1S/C13H8F2N2O3/c14-9-5-1-3-7(13(19)20)10(9)17-12(18)8-4-2-6-16-11(8)15/h1-6H,(H,17,18)(H,19,20). The summed E-state index contributed by atoms with van der Waals surface area (Å²) in [6, 6.07) is 5.79. The van der Waals surface area contributed by atoms with Crippen LogP contribution in [0.25, 0.3) is 0 Å². The minimum atomic E-state index is -1.41. The molecule has 0 aliphatic rings. The number of carbonyl (C=O) groups excluding carboxylic acids is 1. The molecule has 2 rings (SSSR count). The lowest BCUT2D eigenvalue weighted by Crippen LogP contribution is -2.17. The Bertz CT molecular complexity index is 689. The number of halogens is 2. The number of amides is 1. The molecule has 0 bridgehead atoms. The fourth-order valence-corrected chi connectivity index (χ4v) is 1.57. The van der Waals surface area contributed by atoms with Crippen LogP contribution in [0, 0.1) is 11.8 Å². The lowest BCUT2D eigenvalue weighted by atomic mass is 10.1. The van der Waals surface area contributed by atoms with Crippen molar-refractivity contribution in [3.8, 4) is 0 Å². The molecule has 0 unspecified atom stereocenters. The van der Waals surface area contributed by atoms with Crippen molar-refractivity contribution in [3.63, 3.8) is 0 Å². The Labute approximate surface area is 111 Å². The minimum absolute atomic E-state index is 0.410. The van der Waals surface area contributed by atoms with Crippen LogP contribution < -0.4 is 5.32 Å². The number of carboxylic acids is 1. The molecule has 1 aromatic heterocycles. The number of nitrogens with zero attached hydrogens (tertiary/aromatic N) is 1. The Morgan fingerprint density at radius 1 is 1.10 bits per heavy atom. The summed E-state index contributed by atoms with van der Waals surface area (Å²) in [5.41, 5.74) is -1.36. The predicted octanol–water partition coefficient (Wildman–Crippen LogP) is 2.31. The van der Waals surface area contributed by atoms with Crippen molar-refractivity contribution >= 4 is 17.6 Å². The second kappa shape index (κ2) is 5.43. The van der Waals surface area contributed by atoms with E-state index >= 15 is 0 Å². The van der Waals surface area contributed by atoms with Gasteiger partial charge in [0.15, 0.2) is 0 Å². The van der Waals surface area contributed by atoms with Gasteiger partial charge < -0.3 is 10.4 Å². The van der Waals surface area contributed by atoms with Gasteiger partial charge in [-0.3, -0.25) is 4.79 Å². The van der Waals surface area contributed by atoms with Crippen molar-refractivity contribution < 1.29 is 23.5 Å². The molecule has 0 aliphatic carbocycles. The third kappa shape index (κ3) is 2.61. The molecule has 0 aliphatic heterocycles. The fourth-order valence-electron chi connectivity index (χ4n) is 1.57. The average Bonchev–Trinajstić information content (AvgIpc) is 2.41. The molecule has 7 heteroatoms. The quantitative estimate of drug-likeness (QED) is 0.844. The van der Waals surface area contributed by atoms with Gasteiger partial charge in [-0.2, -0.15) is 4.39 Å². The summed E-state index contributed by atoms with van der Waals surface area (Å²) in [5, 5.41) is 11.0. The van der Waals surface area contributed by atoms with E-state index in [2.05, 4.69) is 4.98 Å². The number of para-hydroxylation sites is 1. The first-order valence-corrected chi connectivity index (χ1v) is 5.44. The molecule has 1 amide bonds. The first kappa shape index (κ1) is 13.6. The second-order valence-corrected chi connectivity index (χ2v) is 3.76. The Morgan fingerprint density at radius 2 is 1.80 bits per heavy atom. The maximum Gasteiger partial charge on any atom is 0.337 e. The molecule has 2 aromatic rings. The van der Waals surface area contributed by atoms with Crippen LogP contribution in [0.3, 0.4) is 0 Å². The van der Waals surface area contributed by atoms with Gasteiger partial charge in [0.2, 0.25) is 5.95 Å². The van der Waals surface area contributed by atoms with Gasteiger partial charge in [-0.25, -0.2) is 14.2 Å². The van der Waals surface area contributed by atoms with Crippen LogP contribution in [0.2, 0.25) is 0 Å².